The fourth-order valence-corrected chi connectivity index (χ4v) is 3.39. The van der Waals surface area contributed by atoms with Gasteiger partial charge in [-0.25, -0.2) is 0 Å². The lowest BCUT2D eigenvalue weighted by molar-refractivity contribution is 0.406. The third kappa shape index (κ3) is 7.12. The second-order valence-electron chi connectivity index (χ2n) is 6.68. The molecule has 1 aromatic heterocycles. The first-order chi connectivity index (χ1) is 10.3. The molecule has 0 spiro atoms. The van der Waals surface area contributed by atoms with Crippen LogP contribution in [0.3, 0.4) is 0 Å². The Bertz CT molecular complexity index is 360. The van der Waals surface area contributed by atoms with Crippen LogP contribution in [0.1, 0.15) is 76.2 Å². The van der Waals surface area contributed by atoms with Gasteiger partial charge in [0.15, 0.2) is 0 Å². The van der Waals surface area contributed by atoms with E-state index in [2.05, 4.69) is 16.6 Å². The van der Waals surface area contributed by atoms with E-state index in [1.165, 1.54) is 76.2 Å². The SMILES string of the molecule is Cn1cc(CCNC2CCCCCCCCCCC2)cn1. The zero-order valence-electron chi connectivity index (χ0n) is 13.8. The van der Waals surface area contributed by atoms with Crippen molar-refractivity contribution in [3.05, 3.63) is 18.0 Å². The summed E-state index contributed by atoms with van der Waals surface area (Å²) < 4.78 is 1.89. The summed E-state index contributed by atoms with van der Waals surface area (Å²) in [5.74, 6) is 0. The molecule has 1 aliphatic carbocycles. The topological polar surface area (TPSA) is 29.9 Å². The van der Waals surface area contributed by atoms with Gasteiger partial charge in [0.1, 0.15) is 0 Å². The van der Waals surface area contributed by atoms with E-state index in [1.807, 2.05) is 17.9 Å². The predicted molar refractivity (Wildman–Crippen MR) is 89.5 cm³/mol. The normalized spacial score (nSPS) is 19.9. The summed E-state index contributed by atoms with van der Waals surface area (Å²) in [6, 6.07) is 0.737. The summed E-state index contributed by atoms with van der Waals surface area (Å²) in [6.07, 6.45) is 20.9. The molecule has 0 amide bonds. The Balaban J connectivity index is 1.67. The maximum atomic E-state index is 4.24. The van der Waals surface area contributed by atoms with Crippen LogP contribution < -0.4 is 5.32 Å². The molecule has 2 rings (SSSR count). The van der Waals surface area contributed by atoms with Crippen molar-refractivity contribution in [1.29, 1.82) is 0 Å². The fourth-order valence-electron chi connectivity index (χ4n) is 3.39. The summed E-state index contributed by atoms with van der Waals surface area (Å²) in [4.78, 5) is 0. The standard InChI is InChI=1S/C18H33N3/c1-21-16-17(15-20-21)13-14-19-18-11-9-7-5-3-2-4-6-8-10-12-18/h15-16,18-19H,2-14H2,1H3. The molecule has 1 heterocycles. The minimum absolute atomic E-state index is 0.737. The van der Waals surface area contributed by atoms with Crippen molar-refractivity contribution < 1.29 is 0 Å². The summed E-state index contributed by atoms with van der Waals surface area (Å²) in [5, 5.41) is 8.03. The third-order valence-electron chi connectivity index (χ3n) is 4.71. The molecule has 3 heteroatoms. The highest BCUT2D eigenvalue weighted by atomic mass is 15.2. The molecule has 0 radical (unpaired) electrons. The van der Waals surface area contributed by atoms with Crippen LogP contribution in [0.2, 0.25) is 0 Å². The van der Waals surface area contributed by atoms with Crippen LogP contribution in [0.25, 0.3) is 0 Å². The molecule has 1 aromatic rings. The Morgan fingerprint density at radius 3 is 2.10 bits per heavy atom. The Hall–Kier alpha value is -0.830. The highest BCUT2D eigenvalue weighted by Crippen LogP contribution is 2.17. The second-order valence-corrected chi connectivity index (χ2v) is 6.68. The number of hydrogen-bond acceptors (Lipinski definition) is 2. The first kappa shape index (κ1) is 16.5. The number of aromatic nitrogens is 2. The van der Waals surface area contributed by atoms with Crippen LogP contribution >= 0.6 is 0 Å². The minimum Gasteiger partial charge on any atom is -0.314 e. The lowest BCUT2D eigenvalue weighted by Gasteiger charge is -2.19. The molecule has 0 aliphatic heterocycles. The molecule has 0 bridgehead atoms. The number of hydrogen-bond donors (Lipinski definition) is 1. The molecule has 0 saturated heterocycles. The molecule has 1 N–H and O–H groups in total. The largest absolute Gasteiger partial charge is 0.314 e. The predicted octanol–water partition coefficient (Wildman–Crippen LogP) is 4.23. The van der Waals surface area contributed by atoms with Gasteiger partial charge in [-0.1, -0.05) is 57.8 Å². The van der Waals surface area contributed by atoms with Crippen molar-refractivity contribution in [2.24, 2.45) is 7.05 Å². The van der Waals surface area contributed by atoms with E-state index in [0.29, 0.717) is 0 Å². The van der Waals surface area contributed by atoms with Gasteiger partial charge in [-0.05, 0) is 31.4 Å². The van der Waals surface area contributed by atoms with E-state index >= 15 is 0 Å². The minimum atomic E-state index is 0.737. The van der Waals surface area contributed by atoms with Gasteiger partial charge in [0.2, 0.25) is 0 Å². The lowest BCUT2D eigenvalue weighted by Crippen LogP contribution is -2.31. The van der Waals surface area contributed by atoms with Gasteiger partial charge in [-0.3, -0.25) is 4.68 Å². The molecular formula is C18H33N3. The summed E-state index contributed by atoms with van der Waals surface area (Å²) in [5.41, 5.74) is 1.35. The van der Waals surface area contributed by atoms with Crippen LogP contribution in [0, 0.1) is 0 Å². The van der Waals surface area contributed by atoms with E-state index < -0.39 is 0 Å². The van der Waals surface area contributed by atoms with Crippen molar-refractivity contribution in [1.82, 2.24) is 15.1 Å². The molecule has 1 saturated carbocycles. The molecule has 1 fully saturated rings. The zero-order valence-corrected chi connectivity index (χ0v) is 13.8. The van der Waals surface area contributed by atoms with Crippen molar-refractivity contribution in [3.63, 3.8) is 0 Å². The summed E-state index contributed by atoms with van der Waals surface area (Å²) in [7, 11) is 1.99. The highest BCUT2D eigenvalue weighted by Gasteiger charge is 2.09. The van der Waals surface area contributed by atoms with Gasteiger partial charge < -0.3 is 5.32 Å². The van der Waals surface area contributed by atoms with Crippen LogP contribution in [0.5, 0.6) is 0 Å². The van der Waals surface area contributed by atoms with E-state index in [0.717, 1.165) is 19.0 Å². The smallest absolute Gasteiger partial charge is 0.0522 e. The second kappa shape index (κ2) is 9.99. The quantitative estimate of drug-likeness (QED) is 0.900. The van der Waals surface area contributed by atoms with Crippen LogP contribution in [-0.2, 0) is 13.5 Å². The summed E-state index contributed by atoms with van der Waals surface area (Å²) in [6.45, 7) is 1.09. The molecule has 3 nitrogen and oxygen atoms in total. The average Bonchev–Trinajstić information content (AvgIpc) is 2.87. The Morgan fingerprint density at radius 2 is 1.57 bits per heavy atom. The molecule has 0 atom stereocenters. The molecule has 0 aromatic carbocycles. The zero-order chi connectivity index (χ0) is 14.8. The molecule has 1 aliphatic rings. The number of rotatable bonds is 4. The molecule has 0 unspecified atom stereocenters. The molecular weight excluding hydrogens is 258 g/mol. The summed E-state index contributed by atoms with van der Waals surface area (Å²) >= 11 is 0. The third-order valence-corrected chi connectivity index (χ3v) is 4.71. The number of aryl methyl sites for hydroxylation is 1. The first-order valence-electron chi connectivity index (χ1n) is 9.05. The maximum Gasteiger partial charge on any atom is 0.0522 e. The van der Waals surface area contributed by atoms with Gasteiger partial charge in [0, 0.05) is 19.3 Å². The van der Waals surface area contributed by atoms with Crippen molar-refractivity contribution in [3.8, 4) is 0 Å². The van der Waals surface area contributed by atoms with Crippen molar-refractivity contribution in [2.75, 3.05) is 6.54 Å². The molecule has 120 valence electrons. The Morgan fingerprint density at radius 1 is 1.00 bits per heavy atom. The van der Waals surface area contributed by atoms with E-state index in [4.69, 9.17) is 0 Å². The Labute approximate surface area is 130 Å². The van der Waals surface area contributed by atoms with Crippen LogP contribution in [-0.4, -0.2) is 22.4 Å². The van der Waals surface area contributed by atoms with E-state index in [1.54, 1.807) is 0 Å². The van der Waals surface area contributed by atoms with Crippen LogP contribution in [0.15, 0.2) is 12.4 Å². The van der Waals surface area contributed by atoms with Crippen molar-refractivity contribution >= 4 is 0 Å². The van der Waals surface area contributed by atoms with Gasteiger partial charge in [0.25, 0.3) is 0 Å². The van der Waals surface area contributed by atoms with Crippen molar-refractivity contribution in [2.45, 2.75) is 83.1 Å². The van der Waals surface area contributed by atoms with Gasteiger partial charge in [0.05, 0.1) is 6.20 Å². The maximum absolute atomic E-state index is 4.24. The lowest BCUT2D eigenvalue weighted by atomic mass is 9.98. The number of nitrogens with one attached hydrogen (secondary N) is 1. The van der Waals surface area contributed by atoms with Gasteiger partial charge >= 0.3 is 0 Å². The number of nitrogens with zero attached hydrogens (tertiary/aromatic N) is 2. The van der Waals surface area contributed by atoms with Gasteiger partial charge in [-0.2, -0.15) is 5.10 Å². The average molecular weight is 291 g/mol. The van der Waals surface area contributed by atoms with E-state index in [9.17, 15) is 0 Å². The Kier molecular flexibility index (Phi) is 7.87. The highest BCUT2D eigenvalue weighted by molar-refractivity contribution is 5.03. The monoisotopic (exact) mass is 291 g/mol. The van der Waals surface area contributed by atoms with E-state index in [-0.39, 0.29) is 0 Å². The van der Waals surface area contributed by atoms with Gasteiger partial charge in [-0.15, -0.1) is 0 Å². The fraction of sp³-hybridized carbons (Fsp3) is 0.833. The molecule has 21 heavy (non-hydrogen) atoms. The first-order valence-corrected chi connectivity index (χ1v) is 9.05. The van der Waals surface area contributed by atoms with Crippen LogP contribution in [0.4, 0.5) is 0 Å².